The van der Waals surface area contributed by atoms with Crippen molar-refractivity contribution >= 4 is 17.5 Å². The second kappa shape index (κ2) is 8.33. The molecule has 0 amide bonds. The molecule has 1 atom stereocenters. The van der Waals surface area contributed by atoms with Gasteiger partial charge in [0, 0.05) is 39.4 Å². The van der Waals surface area contributed by atoms with Crippen molar-refractivity contribution < 1.29 is 9.47 Å². The van der Waals surface area contributed by atoms with Crippen LogP contribution in [0.15, 0.2) is 23.3 Å². The standard InChI is InChI=1S/C15H24N6O2/c1-5-9-22-13-7-8-14(20-19-13)23-15-17-11(16-6-2)10-12(18-15)21(3)4/h7-8,10,13,19H,5-6,9H2,1-4H3,(H,16,17,18). The average Bonchev–Trinajstić information content (AvgIpc) is 2.54. The summed E-state index contributed by atoms with van der Waals surface area (Å²) in [5.74, 6) is 1.85. The Morgan fingerprint density at radius 2 is 2.13 bits per heavy atom. The number of ether oxygens (including phenoxy) is 2. The largest absolute Gasteiger partial charge is 0.404 e. The van der Waals surface area contributed by atoms with Gasteiger partial charge in [0.25, 0.3) is 0 Å². The van der Waals surface area contributed by atoms with Crippen LogP contribution < -0.4 is 20.4 Å². The Kier molecular flexibility index (Phi) is 6.16. The van der Waals surface area contributed by atoms with Gasteiger partial charge in [-0.2, -0.15) is 9.97 Å². The molecule has 0 bridgehead atoms. The van der Waals surface area contributed by atoms with Crippen LogP contribution in [0.1, 0.15) is 20.3 Å². The smallest absolute Gasteiger partial charge is 0.327 e. The van der Waals surface area contributed by atoms with Crippen LogP contribution in [-0.2, 0) is 4.74 Å². The van der Waals surface area contributed by atoms with Gasteiger partial charge in [-0.15, -0.1) is 5.10 Å². The van der Waals surface area contributed by atoms with E-state index >= 15 is 0 Å². The zero-order valence-electron chi connectivity index (χ0n) is 14.0. The molecule has 2 heterocycles. The number of hydrogen-bond donors (Lipinski definition) is 2. The SMILES string of the molecule is CCCOC1C=CC(Oc2nc(NCC)cc(N(C)C)n2)=NN1. The van der Waals surface area contributed by atoms with Crippen LogP contribution in [0.2, 0.25) is 0 Å². The summed E-state index contributed by atoms with van der Waals surface area (Å²) in [4.78, 5) is 10.6. The summed E-state index contributed by atoms with van der Waals surface area (Å²) in [5.41, 5.74) is 2.87. The number of anilines is 2. The summed E-state index contributed by atoms with van der Waals surface area (Å²) in [6.45, 7) is 5.50. The van der Waals surface area contributed by atoms with Crippen molar-refractivity contribution in [3.05, 3.63) is 18.2 Å². The van der Waals surface area contributed by atoms with Crippen LogP contribution in [0.3, 0.4) is 0 Å². The zero-order valence-corrected chi connectivity index (χ0v) is 14.0. The molecule has 0 saturated carbocycles. The average molecular weight is 320 g/mol. The predicted molar refractivity (Wildman–Crippen MR) is 90.9 cm³/mol. The van der Waals surface area contributed by atoms with Gasteiger partial charge in [-0.3, -0.25) is 5.43 Å². The number of nitrogens with zero attached hydrogens (tertiary/aromatic N) is 4. The zero-order chi connectivity index (χ0) is 16.7. The maximum Gasteiger partial charge on any atom is 0.327 e. The molecule has 0 radical (unpaired) electrons. The van der Waals surface area contributed by atoms with Gasteiger partial charge in [0.05, 0.1) is 0 Å². The van der Waals surface area contributed by atoms with Crippen LogP contribution in [0, 0.1) is 0 Å². The van der Waals surface area contributed by atoms with Crippen LogP contribution in [0.25, 0.3) is 0 Å². The first-order valence-corrected chi connectivity index (χ1v) is 7.73. The third-order valence-corrected chi connectivity index (χ3v) is 2.92. The normalized spacial score (nSPS) is 16.5. The molecule has 1 aromatic rings. The lowest BCUT2D eigenvalue weighted by atomic mass is 10.4. The molecule has 1 aliphatic rings. The van der Waals surface area contributed by atoms with E-state index in [0.29, 0.717) is 18.3 Å². The molecular weight excluding hydrogens is 296 g/mol. The molecule has 0 spiro atoms. The van der Waals surface area contributed by atoms with E-state index in [1.807, 2.05) is 38.1 Å². The van der Waals surface area contributed by atoms with Crippen molar-refractivity contribution in [1.29, 1.82) is 0 Å². The Bertz CT molecular complexity index is 573. The number of hydrazone groups is 1. The summed E-state index contributed by atoms with van der Waals surface area (Å²) in [6, 6.07) is 2.10. The highest BCUT2D eigenvalue weighted by Gasteiger charge is 2.13. The highest BCUT2D eigenvalue weighted by atomic mass is 16.5. The third-order valence-electron chi connectivity index (χ3n) is 2.92. The van der Waals surface area contributed by atoms with Gasteiger partial charge in [0.1, 0.15) is 11.6 Å². The molecule has 126 valence electrons. The van der Waals surface area contributed by atoms with Crippen molar-refractivity contribution in [3.63, 3.8) is 0 Å². The summed E-state index contributed by atoms with van der Waals surface area (Å²) in [6.07, 6.45) is 4.32. The van der Waals surface area contributed by atoms with Gasteiger partial charge >= 0.3 is 6.01 Å². The molecule has 8 nitrogen and oxygen atoms in total. The molecular formula is C15H24N6O2. The Labute approximate surface area is 136 Å². The quantitative estimate of drug-likeness (QED) is 0.789. The lowest BCUT2D eigenvalue weighted by Gasteiger charge is -2.18. The Morgan fingerprint density at radius 3 is 2.74 bits per heavy atom. The lowest BCUT2D eigenvalue weighted by Crippen LogP contribution is -2.31. The van der Waals surface area contributed by atoms with Crippen LogP contribution in [-0.4, -0.2) is 49.3 Å². The van der Waals surface area contributed by atoms with Crippen molar-refractivity contribution in [2.24, 2.45) is 5.10 Å². The first kappa shape index (κ1) is 17.0. The van der Waals surface area contributed by atoms with E-state index in [-0.39, 0.29) is 12.2 Å². The first-order valence-electron chi connectivity index (χ1n) is 7.73. The topological polar surface area (TPSA) is 83.9 Å². The summed E-state index contributed by atoms with van der Waals surface area (Å²) in [7, 11) is 3.83. The van der Waals surface area contributed by atoms with E-state index in [1.165, 1.54) is 0 Å². The van der Waals surface area contributed by atoms with Crippen molar-refractivity contribution in [2.45, 2.75) is 26.5 Å². The van der Waals surface area contributed by atoms with Gasteiger partial charge < -0.3 is 19.7 Å². The lowest BCUT2D eigenvalue weighted by molar-refractivity contribution is 0.0621. The number of aromatic nitrogens is 2. The fraction of sp³-hybridized carbons (Fsp3) is 0.533. The van der Waals surface area contributed by atoms with Crippen LogP contribution in [0.5, 0.6) is 6.01 Å². The highest BCUT2D eigenvalue weighted by Crippen LogP contribution is 2.18. The highest BCUT2D eigenvalue weighted by molar-refractivity contribution is 5.89. The summed E-state index contributed by atoms with van der Waals surface area (Å²) in [5, 5.41) is 7.29. The van der Waals surface area contributed by atoms with E-state index in [0.717, 1.165) is 18.8 Å². The molecule has 23 heavy (non-hydrogen) atoms. The van der Waals surface area contributed by atoms with E-state index in [4.69, 9.17) is 9.47 Å². The van der Waals surface area contributed by atoms with Gasteiger partial charge in [0.2, 0.25) is 5.90 Å². The maximum absolute atomic E-state index is 5.64. The summed E-state index contributed by atoms with van der Waals surface area (Å²) < 4.78 is 11.2. The second-order valence-electron chi connectivity index (χ2n) is 5.15. The molecule has 0 fully saturated rings. The Morgan fingerprint density at radius 1 is 1.30 bits per heavy atom. The second-order valence-corrected chi connectivity index (χ2v) is 5.15. The molecule has 0 aliphatic carbocycles. The van der Waals surface area contributed by atoms with E-state index in [2.05, 4.69) is 32.7 Å². The number of nitrogens with one attached hydrogen (secondary N) is 2. The van der Waals surface area contributed by atoms with Crippen molar-refractivity contribution in [2.75, 3.05) is 37.5 Å². The van der Waals surface area contributed by atoms with Crippen LogP contribution in [0.4, 0.5) is 11.6 Å². The monoisotopic (exact) mass is 320 g/mol. The third kappa shape index (κ3) is 5.10. The number of hydrogen-bond acceptors (Lipinski definition) is 8. The van der Waals surface area contributed by atoms with Gasteiger partial charge in [0.15, 0.2) is 6.23 Å². The van der Waals surface area contributed by atoms with Crippen LogP contribution >= 0.6 is 0 Å². The first-order chi connectivity index (χ1) is 11.1. The van der Waals surface area contributed by atoms with Crippen molar-refractivity contribution in [3.8, 4) is 6.01 Å². The van der Waals surface area contributed by atoms with E-state index in [9.17, 15) is 0 Å². The molecule has 0 saturated heterocycles. The molecule has 0 aromatic carbocycles. The summed E-state index contributed by atoms with van der Waals surface area (Å²) >= 11 is 0. The van der Waals surface area contributed by atoms with Gasteiger partial charge in [-0.05, 0) is 19.4 Å². The minimum atomic E-state index is -0.228. The number of rotatable bonds is 7. The fourth-order valence-corrected chi connectivity index (χ4v) is 1.82. The van der Waals surface area contributed by atoms with E-state index < -0.39 is 0 Å². The molecule has 2 N–H and O–H groups in total. The fourth-order valence-electron chi connectivity index (χ4n) is 1.82. The molecule has 1 aliphatic heterocycles. The van der Waals surface area contributed by atoms with Crippen molar-refractivity contribution in [1.82, 2.24) is 15.4 Å². The molecule has 2 rings (SSSR count). The molecule has 1 aromatic heterocycles. The van der Waals surface area contributed by atoms with E-state index in [1.54, 1.807) is 6.08 Å². The molecule has 1 unspecified atom stereocenters. The predicted octanol–water partition coefficient (Wildman–Crippen LogP) is 1.58. The maximum atomic E-state index is 5.64. The van der Waals surface area contributed by atoms with Gasteiger partial charge in [-0.1, -0.05) is 6.92 Å². The minimum Gasteiger partial charge on any atom is -0.404 e. The minimum absolute atomic E-state index is 0.228. The Hall–Kier alpha value is -2.35. The van der Waals surface area contributed by atoms with Gasteiger partial charge in [-0.25, -0.2) is 0 Å². The Balaban J connectivity index is 2.05. The molecule has 8 heteroatoms.